The van der Waals surface area contributed by atoms with Crippen LogP contribution in [0.5, 0.6) is 0 Å². The normalized spacial score (nSPS) is 20.6. The van der Waals surface area contributed by atoms with Crippen molar-refractivity contribution in [1.29, 1.82) is 0 Å². The van der Waals surface area contributed by atoms with E-state index in [9.17, 15) is 4.79 Å². The molecule has 1 aliphatic rings. The highest BCUT2D eigenvalue weighted by Gasteiger charge is 2.16. The van der Waals surface area contributed by atoms with Crippen molar-refractivity contribution < 1.29 is 9.53 Å². The molecule has 2 atom stereocenters. The van der Waals surface area contributed by atoms with Gasteiger partial charge in [-0.3, -0.25) is 4.68 Å². The van der Waals surface area contributed by atoms with Gasteiger partial charge in [-0.15, -0.1) is 0 Å². The molecule has 0 aliphatic carbocycles. The molecule has 0 unspecified atom stereocenters. The van der Waals surface area contributed by atoms with E-state index in [-0.39, 0.29) is 12.1 Å². The molecule has 1 aromatic rings. The highest BCUT2D eigenvalue weighted by molar-refractivity contribution is 5.74. The van der Waals surface area contributed by atoms with Gasteiger partial charge in [-0.1, -0.05) is 0 Å². The molecule has 1 fully saturated rings. The number of ether oxygens (including phenoxy) is 1. The van der Waals surface area contributed by atoms with Crippen molar-refractivity contribution in [1.82, 2.24) is 20.4 Å². The van der Waals surface area contributed by atoms with Crippen molar-refractivity contribution in [2.75, 3.05) is 19.8 Å². The van der Waals surface area contributed by atoms with Crippen molar-refractivity contribution in [2.24, 2.45) is 5.92 Å². The SMILES string of the molecule is C[C@@H](Cn1cccn1)NC(=O)NC[C@@H]1CCOC1. The van der Waals surface area contributed by atoms with Gasteiger partial charge >= 0.3 is 6.03 Å². The van der Waals surface area contributed by atoms with Crippen molar-refractivity contribution in [2.45, 2.75) is 25.9 Å². The molecule has 6 heteroatoms. The summed E-state index contributed by atoms with van der Waals surface area (Å²) < 4.78 is 7.06. The third-order valence-corrected chi connectivity index (χ3v) is 2.97. The average molecular weight is 252 g/mol. The summed E-state index contributed by atoms with van der Waals surface area (Å²) in [6.45, 7) is 4.88. The first-order chi connectivity index (χ1) is 8.74. The van der Waals surface area contributed by atoms with Gasteiger partial charge in [-0.25, -0.2) is 4.79 Å². The Morgan fingerprint density at radius 1 is 1.67 bits per heavy atom. The zero-order valence-corrected chi connectivity index (χ0v) is 10.6. The van der Waals surface area contributed by atoms with Gasteiger partial charge in [-0.05, 0) is 19.4 Å². The van der Waals surface area contributed by atoms with Crippen LogP contribution in [0.25, 0.3) is 0 Å². The van der Waals surface area contributed by atoms with Crippen LogP contribution in [0.2, 0.25) is 0 Å². The maximum Gasteiger partial charge on any atom is 0.315 e. The number of rotatable bonds is 5. The molecule has 6 nitrogen and oxygen atoms in total. The molecule has 0 spiro atoms. The Kier molecular flexibility index (Phi) is 4.58. The lowest BCUT2D eigenvalue weighted by molar-refractivity contribution is 0.185. The van der Waals surface area contributed by atoms with Crippen LogP contribution >= 0.6 is 0 Å². The second kappa shape index (κ2) is 6.39. The highest BCUT2D eigenvalue weighted by atomic mass is 16.5. The maximum absolute atomic E-state index is 11.6. The van der Waals surface area contributed by atoms with Crippen LogP contribution in [0.3, 0.4) is 0 Å². The van der Waals surface area contributed by atoms with Gasteiger partial charge < -0.3 is 15.4 Å². The van der Waals surface area contributed by atoms with Crippen LogP contribution in [-0.4, -0.2) is 41.6 Å². The predicted molar refractivity (Wildman–Crippen MR) is 67.1 cm³/mol. The minimum absolute atomic E-state index is 0.0460. The van der Waals surface area contributed by atoms with E-state index in [4.69, 9.17) is 4.74 Å². The molecule has 1 aromatic heterocycles. The van der Waals surface area contributed by atoms with Gasteiger partial charge in [0.05, 0.1) is 13.2 Å². The number of aromatic nitrogens is 2. The Morgan fingerprint density at radius 3 is 3.22 bits per heavy atom. The highest BCUT2D eigenvalue weighted by Crippen LogP contribution is 2.10. The topological polar surface area (TPSA) is 68.2 Å². The summed E-state index contributed by atoms with van der Waals surface area (Å²) in [4.78, 5) is 11.6. The number of urea groups is 1. The molecule has 100 valence electrons. The molecule has 2 rings (SSSR count). The molecule has 0 aromatic carbocycles. The summed E-state index contributed by atoms with van der Waals surface area (Å²) in [6, 6.07) is 1.79. The smallest absolute Gasteiger partial charge is 0.315 e. The lowest BCUT2D eigenvalue weighted by Crippen LogP contribution is -2.44. The largest absolute Gasteiger partial charge is 0.381 e. The van der Waals surface area contributed by atoms with Crippen LogP contribution in [-0.2, 0) is 11.3 Å². The summed E-state index contributed by atoms with van der Waals surface area (Å²) in [6.07, 6.45) is 4.64. The third-order valence-electron chi connectivity index (χ3n) is 2.97. The Balaban J connectivity index is 1.63. The first-order valence-corrected chi connectivity index (χ1v) is 6.33. The van der Waals surface area contributed by atoms with E-state index >= 15 is 0 Å². The minimum atomic E-state index is -0.124. The quantitative estimate of drug-likeness (QED) is 0.806. The summed E-state index contributed by atoms with van der Waals surface area (Å²) in [5.41, 5.74) is 0. The van der Waals surface area contributed by atoms with Gasteiger partial charge in [0.1, 0.15) is 0 Å². The van der Waals surface area contributed by atoms with E-state index in [1.807, 2.05) is 19.2 Å². The molecule has 2 amide bonds. The summed E-state index contributed by atoms with van der Waals surface area (Å²) >= 11 is 0. The molecule has 0 radical (unpaired) electrons. The molecule has 0 saturated carbocycles. The van der Waals surface area contributed by atoms with E-state index in [0.29, 0.717) is 19.0 Å². The van der Waals surface area contributed by atoms with E-state index in [1.165, 1.54) is 0 Å². The van der Waals surface area contributed by atoms with Gasteiger partial charge in [0, 0.05) is 37.5 Å². The minimum Gasteiger partial charge on any atom is -0.381 e. The van der Waals surface area contributed by atoms with Crippen molar-refractivity contribution >= 4 is 6.03 Å². The van der Waals surface area contributed by atoms with Crippen molar-refractivity contribution in [3.63, 3.8) is 0 Å². The molecular formula is C12H20N4O2. The number of hydrogen-bond acceptors (Lipinski definition) is 3. The number of carbonyl (C=O) groups excluding carboxylic acids is 1. The van der Waals surface area contributed by atoms with Crippen LogP contribution < -0.4 is 10.6 Å². The second-order valence-electron chi connectivity index (χ2n) is 4.71. The van der Waals surface area contributed by atoms with Crippen LogP contribution in [0.4, 0.5) is 4.79 Å². The number of hydrogen-bond donors (Lipinski definition) is 2. The van der Waals surface area contributed by atoms with E-state index in [2.05, 4.69) is 15.7 Å². The van der Waals surface area contributed by atoms with Gasteiger partial charge in [0.25, 0.3) is 0 Å². The summed E-state index contributed by atoms with van der Waals surface area (Å²) in [5.74, 6) is 0.456. The molecule has 2 N–H and O–H groups in total. The fourth-order valence-corrected chi connectivity index (χ4v) is 1.99. The molecule has 0 bridgehead atoms. The van der Waals surface area contributed by atoms with E-state index in [0.717, 1.165) is 19.6 Å². The maximum atomic E-state index is 11.6. The predicted octanol–water partition coefficient (Wildman–Crippen LogP) is 0.607. The van der Waals surface area contributed by atoms with Gasteiger partial charge in [0.2, 0.25) is 0 Å². The van der Waals surface area contributed by atoms with Gasteiger partial charge in [0.15, 0.2) is 0 Å². The average Bonchev–Trinajstić information content (AvgIpc) is 2.98. The molecule has 1 aliphatic heterocycles. The van der Waals surface area contributed by atoms with Crippen molar-refractivity contribution in [3.8, 4) is 0 Å². The standard InChI is InChI=1S/C12H20N4O2/c1-10(8-16-5-2-4-14-16)15-12(17)13-7-11-3-6-18-9-11/h2,4-5,10-11H,3,6-9H2,1H3,(H2,13,15,17)/t10-,11-/m0/s1. The summed E-state index contributed by atoms with van der Waals surface area (Å²) in [7, 11) is 0. The number of nitrogens with zero attached hydrogens (tertiary/aromatic N) is 2. The second-order valence-corrected chi connectivity index (χ2v) is 4.71. The van der Waals surface area contributed by atoms with Gasteiger partial charge in [-0.2, -0.15) is 5.10 Å². The van der Waals surface area contributed by atoms with Crippen LogP contribution in [0, 0.1) is 5.92 Å². The Labute approximate surface area is 107 Å². The zero-order valence-electron chi connectivity index (χ0n) is 10.6. The summed E-state index contributed by atoms with van der Waals surface area (Å²) in [5, 5.41) is 9.87. The lowest BCUT2D eigenvalue weighted by atomic mass is 10.1. The first-order valence-electron chi connectivity index (χ1n) is 6.33. The molecular weight excluding hydrogens is 232 g/mol. The third kappa shape index (κ3) is 4.03. The number of nitrogens with one attached hydrogen (secondary N) is 2. The van der Waals surface area contributed by atoms with Crippen LogP contribution in [0.1, 0.15) is 13.3 Å². The zero-order chi connectivity index (χ0) is 12.8. The lowest BCUT2D eigenvalue weighted by Gasteiger charge is -2.16. The monoisotopic (exact) mass is 252 g/mol. The Hall–Kier alpha value is -1.56. The number of carbonyl (C=O) groups is 1. The van der Waals surface area contributed by atoms with E-state index < -0.39 is 0 Å². The number of amides is 2. The molecule has 1 saturated heterocycles. The fraction of sp³-hybridized carbons (Fsp3) is 0.667. The van der Waals surface area contributed by atoms with Crippen LogP contribution in [0.15, 0.2) is 18.5 Å². The molecule has 2 heterocycles. The molecule has 18 heavy (non-hydrogen) atoms. The fourth-order valence-electron chi connectivity index (χ4n) is 1.99. The van der Waals surface area contributed by atoms with Crippen molar-refractivity contribution in [3.05, 3.63) is 18.5 Å². The Morgan fingerprint density at radius 2 is 2.56 bits per heavy atom. The van der Waals surface area contributed by atoms with E-state index in [1.54, 1.807) is 10.9 Å². The Bertz CT molecular complexity index is 360. The first kappa shape index (κ1) is 12.9.